The Kier molecular flexibility index (Phi) is 5.21. The second-order valence-electron chi connectivity index (χ2n) is 6.88. The van der Waals surface area contributed by atoms with E-state index in [4.69, 9.17) is 9.15 Å². The average molecular weight is 332 g/mol. The molecule has 0 amide bonds. The third-order valence-corrected chi connectivity index (χ3v) is 4.94. The molecule has 2 aromatic rings. The first-order valence-electron chi connectivity index (χ1n) is 8.73. The Hall–Kier alpha value is -1.85. The number of hydrogen-bond acceptors (Lipinski definition) is 4. The molecule has 1 aliphatic heterocycles. The van der Waals surface area contributed by atoms with E-state index in [1.54, 1.807) is 6.07 Å². The van der Waals surface area contributed by atoms with Crippen LogP contribution in [0.3, 0.4) is 0 Å². The summed E-state index contributed by atoms with van der Waals surface area (Å²) in [6.07, 6.45) is 3.25. The number of hydrogen-bond donors (Lipinski definition) is 2. The molecule has 5 nitrogen and oxygen atoms in total. The van der Waals surface area contributed by atoms with Gasteiger partial charge in [0.25, 0.3) is 0 Å². The van der Waals surface area contributed by atoms with Gasteiger partial charge >= 0.3 is 5.63 Å². The zero-order valence-corrected chi connectivity index (χ0v) is 14.4. The lowest BCUT2D eigenvalue weighted by atomic mass is 10.0. The molecule has 0 radical (unpaired) electrons. The molecule has 1 aromatic carbocycles. The van der Waals surface area contributed by atoms with Crippen LogP contribution in [0.2, 0.25) is 0 Å². The van der Waals surface area contributed by atoms with Crippen LogP contribution in [0.15, 0.2) is 33.5 Å². The monoisotopic (exact) mass is 332 g/mol. The summed E-state index contributed by atoms with van der Waals surface area (Å²) in [5.41, 5.74) is 1.04. The predicted molar refractivity (Wildman–Crippen MR) is 92.7 cm³/mol. The molecule has 1 fully saturated rings. The highest BCUT2D eigenvalue weighted by molar-refractivity contribution is 5.81. The first kappa shape index (κ1) is 17.0. The van der Waals surface area contributed by atoms with Gasteiger partial charge in [-0.25, -0.2) is 4.79 Å². The van der Waals surface area contributed by atoms with E-state index in [9.17, 15) is 9.90 Å². The maximum Gasteiger partial charge on any atom is 0.336 e. The van der Waals surface area contributed by atoms with Gasteiger partial charge in [0.1, 0.15) is 30.6 Å². The van der Waals surface area contributed by atoms with Gasteiger partial charge in [0, 0.05) is 17.5 Å². The third-order valence-electron chi connectivity index (χ3n) is 4.94. The highest BCUT2D eigenvalue weighted by Crippen LogP contribution is 2.22. The molecular formula is C19H26NO4+. The summed E-state index contributed by atoms with van der Waals surface area (Å²) in [6.45, 7) is 6.21. The topological polar surface area (TPSA) is 64.1 Å². The van der Waals surface area contributed by atoms with Crippen LogP contribution in [0.5, 0.6) is 5.75 Å². The van der Waals surface area contributed by atoms with Crippen LogP contribution in [0.4, 0.5) is 0 Å². The fourth-order valence-corrected chi connectivity index (χ4v) is 3.51. The molecule has 0 aliphatic carbocycles. The van der Waals surface area contributed by atoms with Gasteiger partial charge in [-0.15, -0.1) is 0 Å². The van der Waals surface area contributed by atoms with Crippen molar-refractivity contribution < 1.29 is 19.2 Å². The number of likely N-dealkylation sites (tertiary alicyclic amines) is 1. The SMILES string of the molecule is Cc1cc(=O)oc2cc(OCC(O)C[NH+]3CCCCC3C)ccc12. The van der Waals surface area contributed by atoms with Gasteiger partial charge in [-0.1, -0.05) is 0 Å². The number of rotatable bonds is 5. The highest BCUT2D eigenvalue weighted by Gasteiger charge is 2.24. The summed E-state index contributed by atoms with van der Waals surface area (Å²) in [5.74, 6) is 0.608. The molecular weight excluding hydrogens is 306 g/mol. The van der Waals surface area contributed by atoms with Crippen molar-refractivity contribution in [1.29, 1.82) is 0 Å². The molecule has 5 heteroatoms. The first-order chi connectivity index (χ1) is 11.5. The first-order valence-corrected chi connectivity index (χ1v) is 8.73. The van der Waals surface area contributed by atoms with Crippen LogP contribution in [0.25, 0.3) is 11.0 Å². The Morgan fingerprint density at radius 3 is 3.00 bits per heavy atom. The van der Waals surface area contributed by atoms with E-state index in [0.29, 0.717) is 23.9 Å². The van der Waals surface area contributed by atoms with Crippen molar-refractivity contribution in [1.82, 2.24) is 0 Å². The number of benzene rings is 1. The van der Waals surface area contributed by atoms with Crippen LogP contribution in [-0.2, 0) is 0 Å². The Morgan fingerprint density at radius 2 is 2.21 bits per heavy atom. The molecule has 3 rings (SSSR count). The minimum absolute atomic E-state index is 0.248. The Balaban J connectivity index is 1.61. The summed E-state index contributed by atoms with van der Waals surface area (Å²) in [5, 5.41) is 11.2. The van der Waals surface area contributed by atoms with Crippen LogP contribution in [0.1, 0.15) is 31.7 Å². The van der Waals surface area contributed by atoms with Crippen molar-refractivity contribution in [2.45, 2.75) is 45.3 Å². The Bertz CT molecular complexity index is 755. The second-order valence-corrected chi connectivity index (χ2v) is 6.88. The van der Waals surface area contributed by atoms with Crippen molar-refractivity contribution >= 4 is 11.0 Å². The largest absolute Gasteiger partial charge is 0.491 e. The maximum atomic E-state index is 11.5. The smallest absolute Gasteiger partial charge is 0.336 e. The molecule has 130 valence electrons. The molecule has 3 atom stereocenters. The highest BCUT2D eigenvalue weighted by atomic mass is 16.5. The van der Waals surface area contributed by atoms with E-state index in [0.717, 1.165) is 17.5 Å². The maximum absolute atomic E-state index is 11.5. The molecule has 1 saturated heterocycles. The van der Waals surface area contributed by atoms with Crippen LogP contribution >= 0.6 is 0 Å². The molecule has 2 N–H and O–H groups in total. The van der Waals surface area contributed by atoms with Gasteiger partial charge in [-0.3, -0.25) is 0 Å². The van der Waals surface area contributed by atoms with Gasteiger partial charge in [0.15, 0.2) is 0 Å². The standard InChI is InChI=1S/C19H25NO4/c1-13-9-19(22)24-18-10-16(6-7-17(13)18)23-12-15(21)11-20-8-4-3-5-14(20)2/h6-7,9-10,14-15,21H,3-5,8,11-12H2,1-2H3/p+1. The van der Waals surface area contributed by atoms with Gasteiger partial charge in [-0.05, 0) is 50.8 Å². The summed E-state index contributed by atoms with van der Waals surface area (Å²) in [7, 11) is 0. The lowest BCUT2D eigenvalue weighted by Crippen LogP contribution is -3.17. The molecule has 0 spiro atoms. The molecule has 0 bridgehead atoms. The molecule has 0 saturated carbocycles. The van der Waals surface area contributed by atoms with Crippen molar-refractivity contribution in [2.24, 2.45) is 0 Å². The van der Waals surface area contributed by atoms with Gasteiger partial charge < -0.3 is 19.2 Å². The van der Waals surface area contributed by atoms with E-state index in [-0.39, 0.29) is 12.2 Å². The number of quaternary nitrogens is 1. The van der Waals surface area contributed by atoms with E-state index < -0.39 is 6.10 Å². The number of aryl methyl sites for hydroxylation is 1. The fourth-order valence-electron chi connectivity index (χ4n) is 3.51. The zero-order valence-electron chi connectivity index (χ0n) is 14.4. The number of ether oxygens (including phenoxy) is 1. The van der Waals surface area contributed by atoms with Gasteiger partial charge in [0.05, 0.1) is 12.6 Å². The van der Waals surface area contributed by atoms with E-state index in [2.05, 4.69) is 6.92 Å². The minimum atomic E-state index is -0.499. The molecule has 3 unspecified atom stereocenters. The Labute approximate surface area is 141 Å². The normalized spacial score (nSPS) is 22.5. The van der Waals surface area contributed by atoms with Crippen molar-refractivity contribution in [3.05, 3.63) is 40.2 Å². The van der Waals surface area contributed by atoms with Gasteiger partial charge in [-0.2, -0.15) is 0 Å². The van der Waals surface area contributed by atoms with Crippen molar-refractivity contribution in [2.75, 3.05) is 19.7 Å². The van der Waals surface area contributed by atoms with Crippen molar-refractivity contribution in [3.63, 3.8) is 0 Å². The molecule has 1 aromatic heterocycles. The summed E-state index contributed by atoms with van der Waals surface area (Å²) < 4.78 is 10.9. The number of fused-ring (bicyclic) bond motifs is 1. The number of aliphatic hydroxyl groups is 1. The summed E-state index contributed by atoms with van der Waals surface area (Å²) in [4.78, 5) is 12.9. The summed E-state index contributed by atoms with van der Waals surface area (Å²) >= 11 is 0. The number of nitrogens with one attached hydrogen (secondary N) is 1. The van der Waals surface area contributed by atoms with Crippen molar-refractivity contribution in [3.8, 4) is 5.75 Å². The lowest BCUT2D eigenvalue weighted by Gasteiger charge is -2.31. The summed E-state index contributed by atoms with van der Waals surface area (Å²) in [6, 6.07) is 7.53. The Morgan fingerprint density at radius 1 is 1.38 bits per heavy atom. The fraction of sp³-hybridized carbons (Fsp3) is 0.526. The number of aliphatic hydroxyl groups excluding tert-OH is 1. The lowest BCUT2D eigenvalue weighted by molar-refractivity contribution is -0.931. The van der Waals surface area contributed by atoms with Gasteiger partial charge in [0.2, 0.25) is 0 Å². The quantitative estimate of drug-likeness (QED) is 0.810. The van der Waals surface area contributed by atoms with Crippen LogP contribution in [0, 0.1) is 6.92 Å². The van der Waals surface area contributed by atoms with E-state index in [1.165, 1.54) is 30.2 Å². The minimum Gasteiger partial charge on any atom is -0.491 e. The average Bonchev–Trinajstić information content (AvgIpc) is 2.54. The van der Waals surface area contributed by atoms with Crippen LogP contribution in [-0.4, -0.2) is 36.9 Å². The van der Waals surface area contributed by atoms with E-state index in [1.807, 2.05) is 19.1 Å². The van der Waals surface area contributed by atoms with E-state index >= 15 is 0 Å². The zero-order chi connectivity index (χ0) is 17.1. The molecule has 24 heavy (non-hydrogen) atoms. The number of piperidine rings is 1. The third kappa shape index (κ3) is 3.97. The van der Waals surface area contributed by atoms with Crippen LogP contribution < -0.4 is 15.3 Å². The second kappa shape index (κ2) is 7.36. The predicted octanol–water partition coefficient (Wildman–Crippen LogP) is 1.30. The molecule has 2 heterocycles. The molecule has 1 aliphatic rings.